The van der Waals surface area contributed by atoms with Crippen LogP contribution in [0.3, 0.4) is 0 Å². The van der Waals surface area contributed by atoms with Crippen LogP contribution in [0, 0.1) is 5.92 Å². The maximum Gasteiger partial charge on any atom is 0.356 e. The number of rotatable bonds is 9. The van der Waals surface area contributed by atoms with Gasteiger partial charge in [-0.25, -0.2) is 9.48 Å². The minimum atomic E-state index is -1.14. The fourth-order valence-corrected chi connectivity index (χ4v) is 3.90. The highest BCUT2D eigenvalue weighted by molar-refractivity contribution is 5.86. The Hall–Kier alpha value is -3.52. The van der Waals surface area contributed by atoms with Crippen molar-refractivity contribution in [3.8, 4) is 5.88 Å². The van der Waals surface area contributed by atoms with Gasteiger partial charge < -0.3 is 14.9 Å². The van der Waals surface area contributed by atoms with Crippen LogP contribution >= 0.6 is 0 Å². The Morgan fingerprint density at radius 3 is 2.38 bits per heavy atom. The Labute approximate surface area is 199 Å². The number of aromatic nitrogens is 3. The maximum absolute atomic E-state index is 12.4. The van der Waals surface area contributed by atoms with E-state index in [0.717, 1.165) is 24.0 Å². The van der Waals surface area contributed by atoms with Crippen LogP contribution in [0.4, 0.5) is 0 Å². The van der Waals surface area contributed by atoms with Crippen LogP contribution in [-0.2, 0) is 24.6 Å². The summed E-state index contributed by atoms with van der Waals surface area (Å²) in [6, 6.07) is 14.5. The number of aliphatic hydroxyl groups excluding tert-OH is 1. The summed E-state index contributed by atoms with van der Waals surface area (Å²) in [5, 5.41) is 21.7. The third-order valence-electron chi connectivity index (χ3n) is 5.66. The van der Waals surface area contributed by atoms with Gasteiger partial charge in [0.1, 0.15) is 13.2 Å². The van der Waals surface area contributed by atoms with E-state index in [9.17, 15) is 14.7 Å². The highest BCUT2D eigenvalue weighted by Gasteiger charge is 2.20. The summed E-state index contributed by atoms with van der Waals surface area (Å²) >= 11 is 0. The summed E-state index contributed by atoms with van der Waals surface area (Å²) in [4.78, 5) is 27.6. The van der Waals surface area contributed by atoms with Gasteiger partial charge in [0.15, 0.2) is 11.5 Å². The molecular weight excluding hydrogens is 434 g/mol. The van der Waals surface area contributed by atoms with E-state index in [0.29, 0.717) is 12.3 Å². The first-order chi connectivity index (χ1) is 16.5. The molecule has 0 bridgehead atoms. The Bertz CT molecular complexity index is 1030. The number of carbonyl (C=O) groups excluding carboxylic acids is 1. The van der Waals surface area contributed by atoms with Crippen molar-refractivity contribution in [2.75, 3.05) is 0 Å². The smallest absolute Gasteiger partial charge is 0.356 e. The van der Waals surface area contributed by atoms with E-state index in [-0.39, 0.29) is 37.1 Å². The Kier molecular flexibility index (Phi) is 9.79. The van der Waals surface area contributed by atoms with Gasteiger partial charge in [0.25, 0.3) is 0 Å². The molecule has 34 heavy (non-hydrogen) atoms. The maximum atomic E-state index is 12.4. The summed E-state index contributed by atoms with van der Waals surface area (Å²) in [6.45, 7) is 0.405. The van der Waals surface area contributed by atoms with E-state index in [2.05, 4.69) is 10.1 Å². The van der Waals surface area contributed by atoms with Gasteiger partial charge in [-0.1, -0.05) is 68.5 Å². The first kappa shape index (κ1) is 25.1. The number of aromatic carboxylic acids is 1. The lowest BCUT2D eigenvalue weighted by atomic mass is 9.86. The van der Waals surface area contributed by atoms with Crippen molar-refractivity contribution in [3.63, 3.8) is 0 Å². The molecule has 2 heterocycles. The summed E-state index contributed by atoms with van der Waals surface area (Å²) in [5.74, 6) is -0.369. The number of carboxylic acids is 1. The largest absolute Gasteiger partial charge is 0.476 e. The second kappa shape index (κ2) is 13.3. The third-order valence-corrected chi connectivity index (χ3v) is 5.66. The van der Waals surface area contributed by atoms with Crippen molar-refractivity contribution in [1.29, 1.82) is 0 Å². The van der Waals surface area contributed by atoms with Crippen molar-refractivity contribution in [3.05, 3.63) is 77.7 Å². The van der Waals surface area contributed by atoms with E-state index in [1.54, 1.807) is 18.5 Å². The average molecular weight is 466 g/mol. The van der Waals surface area contributed by atoms with Gasteiger partial charge in [-0.15, -0.1) is 0 Å². The number of Topliss-reactive ketones (excluding diaryl/α,β-unsaturated/α-hetero) is 1. The minimum absolute atomic E-state index is 0.0339. The van der Waals surface area contributed by atoms with Crippen molar-refractivity contribution in [2.24, 2.45) is 5.92 Å². The molecule has 1 fully saturated rings. The molecule has 0 aliphatic heterocycles. The van der Waals surface area contributed by atoms with Gasteiger partial charge in [0.2, 0.25) is 5.88 Å². The first-order valence-corrected chi connectivity index (χ1v) is 11.5. The molecule has 2 aromatic heterocycles. The molecular formula is C26H31N3O5. The van der Waals surface area contributed by atoms with Crippen LogP contribution in [0.2, 0.25) is 0 Å². The third kappa shape index (κ3) is 8.12. The molecule has 8 heteroatoms. The number of aliphatic hydroxyl groups is 1. The van der Waals surface area contributed by atoms with Crippen molar-refractivity contribution in [2.45, 2.75) is 58.3 Å². The number of carbonyl (C=O) groups is 2. The molecule has 1 saturated carbocycles. The molecule has 0 saturated heterocycles. The van der Waals surface area contributed by atoms with E-state index in [4.69, 9.17) is 9.84 Å². The molecule has 0 atom stereocenters. The lowest BCUT2D eigenvalue weighted by Crippen LogP contribution is -2.18. The highest BCUT2D eigenvalue weighted by Crippen LogP contribution is 2.27. The van der Waals surface area contributed by atoms with Crippen molar-refractivity contribution >= 4 is 11.8 Å². The number of ether oxygens (including phenoxy) is 1. The molecule has 180 valence electrons. The number of nitrogens with zero attached hydrogens (tertiary/aromatic N) is 3. The van der Waals surface area contributed by atoms with E-state index in [1.165, 1.54) is 30.0 Å². The molecule has 0 amide bonds. The molecule has 0 spiro atoms. The highest BCUT2D eigenvalue weighted by atomic mass is 16.5. The Morgan fingerprint density at radius 1 is 1.03 bits per heavy atom. The quantitative estimate of drug-likeness (QED) is 0.485. The normalized spacial score (nSPS) is 13.6. The zero-order valence-electron chi connectivity index (χ0n) is 19.2. The number of pyridine rings is 1. The van der Waals surface area contributed by atoms with Gasteiger partial charge in [-0.3, -0.25) is 9.78 Å². The fourth-order valence-electron chi connectivity index (χ4n) is 3.90. The van der Waals surface area contributed by atoms with Gasteiger partial charge in [-0.05, 0) is 17.5 Å². The molecule has 8 nitrogen and oxygen atoms in total. The summed E-state index contributed by atoms with van der Waals surface area (Å²) in [5.41, 5.74) is 1.69. The molecule has 0 radical (unpaired) electrons. The second-order valence-electron chi connectivity index (χ2n) is 8.37. The zero-order chi connectivity index (χ0) is 24.2. The van der Waals surface area contributed by atoms with Crippen LogP contribution in [0.25, 0.3) is 0 Å². The zero-order valence-corrected chi connectivity index (χ0v) is 19.2. The number of benzene rings is 1. The van der Waals surface area contributed by atoms with Gasteiger partial charge in [-0.2, -0.15) is 5.10 Å². The standard InChI is InChI=1S/C19H23N3O4.C7H8O/c23-16(9-14-5-2-1-3-6-14)12-22-18(10-17(21-22)19(24)25)26-13-15-7-4-8-20-11-15;8-6-7-4-2-1-3-5-7/h4,7-8,10-11,14H,1-3,5-6,9,12-13H2,(H,24,25);1-5,8H,6H2. The fraction of sp³-hybridized carbons (Fsp3) is 0.385. The average Bonchev–Trinajstić information content (AvgIpc) is 3.27. The van der Waals surface area contributed by atoms with E-state index < -0.39 is 5.97 Å². The van der Waals surface area contributed by atoms with Crippen molar-refractivity contribution < 1.29 is 24.5 Å². The number of carboxylic acid groups (broad SMARTS) is 1. The van der Waals surface area contributed by atoms with Crippen LogP contribution < -0.4 is 4.74 Å². The molecule has 1 aliphatic rings. The topological polar surface area (TPSA) is 115 Å². The molecule has 1 aromatic carbocycles. The first-order valence-electron chi connectivity index (χ1n) is 11.5. The summed E-state index contributed by atoms with van der Waals surface area (Å²) < 4.78 is 7.04. The van der Waals surface area contributed by atoms with Gasteiger partial charge in [0, 0.05) is 30.4 Å². The number of ketones is 1. The van der Waals surface area contributed by atoms with Crippen LogP contribution in [0.1, 0.15) is 60.1 Å². The number of hydrogen-bond acceptors (Lipinski definition) is 6. The van der Waals surface area contributed by atoms with Gasteiger partial charge >= 0.3 is 5.97 Å². The van der Waals surface area contributed by atoms with Crippen LogP contribution in [0.15, 0.2) is 60.9 Å². The van der Waals surface area contributed by atoms with E-state index in [1.807, 2.05) is 36.4 Å². The number of hydrogen-bond donors (Lipinski definition) is 2. The predicted molar refractivity (Wildman–Crippen MR) is 126 cm³/mol. The molecule has 3 aromatic rings. The molecule has 4 rings (SSSR count). The second-order valence-corrected chi connectivity index (χ2v) is 8.37. The van der Waals surface area contributed by atoms with Crippen LogP contribution in [-0.4, -0.2) is 36.7 Å². The Balaban J connectivity index is 0.000000343. The minimum Gasteiger partial charge on any atom is -0.476 e. The lowest BCUT2D eigenvalue weighted by Gasteiger charge is -2.20. The van der Waals surface area contributed by atoms with Crippen LogP contribution in [0.5, 0.6) is 5.88 Å². The monoisotopic (exact) mass is 465 g/mol. The molecule has 2 N–H and O–H groups in total. The Morgan fingerprint density at radius 2 is 1.76 bits per heavy atom. The van der Waals surface area contributed by atoms with E-state index >= 15 is 0 Å². The predicted octanol–water partition coefficient (Wildman–Crippen LogP) is 4.27. The van der Waals surface area contributed by atoms with Gasteiger partial charge in [0.05, 0.1) is 6.61 Å². The molecule has 1 aliphatic carbocycles. The summed E-state index contributed by atoms with van der Waals surface area (Å²) in [6.07, 6.45) is 9.66. The SMILES string of the molecule is O=C(CC1CCCCC1)Cn1nc(C(=O)O)cc1OCc1cccnc1.OCc1ccccc1. The summed E-state index contributed by atoms with van der Waals surface area (Å²) in [7, 11) is 0. The van der Waals surface area contributed by atoms with Crippen molar-refractivity contribution in [1.82, 2.24) is 14.8 Å². The molecule has 0 unspecified atom stereocenters. The lowest BCUT2D eigenvalue weighted by molar-refractivity contribution is -0.121.